The summed E-state index contributed by atoms with van der Waals surface area (Å²) in [4.78, 5) is 0. The van der Waals surface area contributed by atoms with Crippen molar-refractivity contribution < 1.29 is 13.5 Å². The molecule has 2 N–H and O–H groups in total. The van der Waals surface area contributed by atoms with Crippen molar-refractivity contribution in [2.75, 3.05) is 4.72 Å². The van der Waals surface area contributed by atoms with Gasteiger partial charge < -0.3 is 4.74 Å². The molecule has 4 nitrogen and oxygen atoms in total. The molecule has 1 atom stereocenters. The predicted molar refractivity (Wildman–Crippen MR) is 67.4 cm³/mol. The summed E-state index contributed by atoms with van der Waals surface area (Å²) in [6.07, 6.45) is 0. The third kappa shape index (κ3) is 3.58. The first-order chi connectivity index (χ1) is 8.24. The lowest BCUT2D eigenvalue weighted by molar-refractivity contribution is 0.483. The largest absolute Gasteiger partial charge is 0.457 e. The number of anilines is 1. The molecule has 17 heavy (non-hydrogen) atoms. The molecule has 0 aliphatic rings. The van der Waals surface area contributed by atoms with Crippen molar-refractivity contribution in [3.63, 3.8) is 0 Å². The van der Waals surface area contributed by atoms with Gasteiger partial charge in [0.25, 0.3) is 11.3 Å². The van der Waals surface area contributed by atoms with E-state index in [-0.39, 0.29) is 0 Å². The smallest absolute Gasteiger partial charge is 0.259 e. The molecule has 0 bridgehead atoms. The lowest BCUT2D eigenvalue weighted by atomic mass is 10.3. The molecule has 2 rings (SSSR count). The summed E-state index contributed by atoms with van der Waals surface area (Å²) in [7, 11) is 0. The number of nitrogens with one attached hydrogen (secondary N) is 1. The van der Waals surface area contributed by atoms with Crippen LogP contribution in [0, 0.1) is 0 Å². The number of rotatable bonds is 4. The van der Waals surface area contributed by atoms with Gasteiger partial charge in [-0.3, -0.25) is 9.27 Å². The summed E-state index contributed by atoms with van der Waals surface area (Å²) in [5.74, 6) is 1.32. The van der Waals surface area contributed by atoms with Crippen molar-refractivity contribution in [1.82, 2.24) is 0 Å². The van der Waals surface area contributed by atoms with Gasteiger partial charge in [-0.15, -0.1) is 0 Å². The number of hydrogen-bond acceptors (Lipinski definition) is 2. The van der Waals surface area contributed by atoms with Crippen molar-refractivity contribution >= 4 is 17.0 Å². The third-order valence-corrected chi connectivity index (χ3v) is 2.43. The maximum Gasteiger partial charge on any atom is 0.259 e. The van der Waals surface area contributed by atoms with Gasteiger partial charge in [-0.05, 0) is 24.3 Å². The second kappa shape index (κ2) is 5.47. The zero-order valence-corrected chi connectivity index (χ0v) is 9.68. The van der Waals surface area contributed by atoms with Crippen LogP contribution in [0.4, 0.5) is 5.69 Å². The number of para-hydroxylation sites is 1. The van der Waals surface area contributed by atoms with Crippen LogP contribution < -0.4 is 9.46 Å². The Balaban J connectivity index is 2.14. The van der Waals surface area contributed by atoms with Crippen molar-refractivity contribution in [1.29, 1.82) is 0 Å². The molecule has 0 heterocycles. The fraction of sp³-hybridized carbons (Fsp3) is 0. The lowest BCUT2D eigenvalue weighted by Crippen LogP contribution is -2.01. The Kier molecular flexibility index (Phi) is 3.74. The molecule has 0 spiro atoms. The Hall–Kier alpha value is -1.85. The highest BCUT2D eigenvalue weighted by molar-refractivity contribution is 7.80. The van der Waals surface area contributed by atoms with Gasteiger partial charge in [-0.1, -0.05) is 24.3 Å². The minimum absolute atomic E-state index is 0.527. The Morgan fingerprint density at radius 2 is 1.71 bits per heavy atom. The van der Waals surface area contributed by atoms with E-state index in [9.17, 15) is 4.21 Å². The minimum Gasteiger partial charge on any atom is -0.457 e. The van der Waals surface area contributed by atoms with Crippen LogP contribution >= 0.6 is 0 Å². The van der Waals surface area contributed by atoms with Crippen LogP contribution in [0.3, 0.4) is 0 Å². The first-order valence-corrected chi connectivity index (χ1v) is 6.05. The molecule has 0 fully saturated rings. The van der Waals surface area contributed by atoms with E-state index in [0.29, 0.717) is 11.4 Å². The highest BCUT2D eigenvalue weighted by atomic mass is 32.2. The molecule has 0 saturated heterocycles. The van der Waals surface area contributed by atoms with Crippen molar-refractivity contribution in [3.8, 4) is 11.5 Å². The van der Waals surface area contributed by atoms with Crippen LogP contribution in [0.2, 0.25) is 0 Å². The third-order valence-electron chi connectivity index (χ3n) is 2.02. The first-order valence-electron chi connectivity index (χ1n) is 4.94. The molecule has 5 heteroatoms. The fourth-order valence-electron chi connectivity index (χ4n) is 1.35. The van der Waals surface area contributed by atoms with Gasteiger partial charge in [-0.2, -0.15) is 0 Å². The molecule has 2 aromatic carbocycles. The van der Waals surface area contributed by atoms with Crippen LogP contribution in [-0.4, -0.2) is 8.76 Å². The molecule has 88 valence electrons. The number of hydrogen-bond donors (Lipinski definition) is 2. The fourth-order valence-corrected chi connectivity index (χ4v) is 1.68. The standard InChI is InChI=1S/C12H11NO3S/c14-17(15)13-10-5-4-8-12(9-10)16-11-6-2-1-3-7-11/h1-9,13H,(H,14,15). The molecule has 0 aromatic heterocycles. The maximum absolute atomic E-state index is 10.6. The summed E-state index contributed by atoms with van der Waals surface area (Å²) in [5.41, 5.74) is 0.527. The van der Waals surface area contributed by atoms with E-state index in [4.69, 9.17) is 9.29 Å². The average Bonchev–Trinajstić information content (AvgIpc) is 2.30. The van der Waals surface area contributed by atoms with Gasteiger partial charge >= 0.3 is 0 Å². The van der Waals surface area contributed by atoms with Crippen LogP contribution in [0.25, 0.3) is 0 Å². The first kappa shape index (κ1) is 11.6. The topological polar surface area (TPSA) is 58.6 Å². The average molecular weight is 249 g/mol. The van der Waals surface area contributed by atoms with Gasteiger partial charge in [0.05, 0.1) is 5.69 Å². The van der Waals surface area contributed by atoms with Crippen molar-refractivity contribution in [2.24, 2.45) is 0 Å². The number of benzene rings is 2. The highest BCUT2D eigenvalue weighted by Gasteiger charge is 2.00. The Bertz CT molecular complexity index is 516. The summed E-state index contributed by atoms with van der Waals surface area (Å²) in [6, 6.07) is 16.2. The van der Waals surface area contributed by atoms with Crippen LogP contribution in [0.5, 0.6) is 11.5 Å². The van der Waals surface area contributed by atoms with Gasteiger partial charge in [0.2, 0.25) is 0 Å². The van der Waals surface area contributed by atoms with E-state index in [0.717, 1.165) is 5.75 Å². The summed E-state index contributed by atoms with van der Waals surface area (Å²) in [6.45, 7) is 0. The van der Waals surface area contributed by atoms with Crippen molar-refractivity contribution in [2.45, 2.75) is 0 Å². The van der Waals surface area contributed by atoms with E-state index in [2.05, 4.69) is 4.72 Å². The molecule has 0 aliphatic heterocycles. The maximum atomic E-state index is 10.6. The Morgan fingerprint density at radius 1 is 1.00 bits per heavy atom. The number of ether oxygens (including phenoxy) is 1. The van der Waals surface area contributed by atoms with E-state index < -0.39 is 11.3 Å². The highest BCUT2D eigenvalue weighted by Crippen LogP contribution is 2.23. The molecule has 0 amide bonds. The zero-order valence-electron chi connectivity index (χ0n) is 8.87. The van der Waals surface area contributed by atoms with Crippen LogP contribution in [-0.2, 0) is 11.3 Å². The predicted octanol–water partition coefficient (Wildman–Crippen LogP) is 3.03. The lowest BCUT2D eigenvalue weighted by Gasteiger charge is -2.07. The molecular formula is C12H11NO3S. The van der Waals surface area contributed by atoms with E-state index in [1.165, 1.54) is 0 Å². The van der Waals surface area contributed by atoms with E-state index in [1.54, 1.807) is 24.3 Å². The molecule has 0 aliphatic carbocycles. The minimum atomic E-state index is -2.08. The molecular weight excluding hydrogens is 238 g/mol. The van der Waals surface area contributed by atoms with Crippen molar-refractivity contribution in [3.05, 3.63) is 54.6 Å². The van der Waals surface area contributed by atoms with Gasteiger partial charge in [-0.25, -0.2) is 4.21 Å². The zero-order chi connectivity index (χ0) is 12.1. The van der Waals surface area contributed by atoms with E-state index in [1.807, 2.05) is 30.3 Å². The second-order valence-electron chi connectivity index (χ2n) is 3.29. The quantitative estimate of drug-likeness (QED) is 0.819. The summed E-state index contributed by atoms with van der Waals surface area (Å²) in [5, 5.41) is 0. The molecule has 0 radical (unpaired) electrons. The SMILES string of the molecule is O=S(O)Nc1cccc(Oc2ccccc2)c1. The Morgan fingerprint density at radius 3 is 2.41 bits per heavy atom. The Labute approximate surface area is 102 Å². The van der Waals surface area contributed by atoms with Crippen LogP contribution in [0.15, 0.2) is 54.6 Å². The molecule has 1 unspecified atom stereocenters. The monoisotopic (exact) mass is 249 g/mol. The second-order valence-corrected chi connectivity index (χ2v) is 4.00. The van der Waals surface area contributed by atoms with Gasteiger partial charge in [0.1, 0.15) is 11.5 Å². The molecule has 2 aromatic rings. The normalized spacial score (nSPS) is 11.8. The van der Waals surface area contributed by atoms with Gasteiger partial charge in [0, 0.05) is 6.07 Å². The van der Waals surface area contributed by atoms with Gasteiger partial charge in [0.15, 0.2) is 0 Å². The summed E-state index contributed by atoms with van der Waals surface area (Å²) < 4.78 is 27.3. The van der Waals surface area contributed by atoms with E-state index >= 15 is 0 Å². The summed E-state index contributed by atoms with van der Waals surface area (Å²) >= 11 is -2.08. The van der Waals surface area contributed by atoms with Crippen LogP contribution in [0.1, 0.15) is 0 Å². The molecule has 0 saturated carbocycles.